The molecule has 1 rings (SSSR count). The molecule has 15 heavy (non-hydrogen) atoms. The summed E-state index contributed by atoms with van der Waals surface area (Å²) in [6, 6.07) is 9.67. The predicted octanol–water partition coefficient (Wildman–Crippen LogP) is 3.17. The molecule has 0 amide bonds. The molecule has 0 atom stereocenters. The summed E-state index contributed by atoms with van der Waals surface area (Å²) in [6.07, 6.45) is 4.88. The molecule has 0 aliphatic rings. The zero-order valence-electron chi connectivity index (χ0n) is 8.94. The molecule has 0 saturated carbocycles. The second-order valence-corrected chi connectivity index (χ2v) is 3.09. The fourth-order valence-electron chi connectivity index (χ4n) is 0.949. The Morgan fingerprint density at radius 1 is 1.27 bits per heavy atom. The monoisotopic (exact) mass is 202 g/mol. The van der Waals surface area contributed by atoms with Crippen LogP contribution in [0.2, 0.25) is 0 Å². The molecular formula is C13H14O2. The minimum atomic E-state index is -0.315. The molecular weight excluding hydrogens is 188 g/mol. The van der Waals surface area contributed by atoms with E-state index in [4.69, 9.17) is 4.74 Å². The lowest BCUT2D eigenvalue weighted by Gasteiger charge is -1.97. The fraction of sp³-hybridized carbons (Fsp3) is 0.154. The molecule has 78 valence electrons. The van der Waals surface area contributed by atoms with E-state index in [1.54, 1.807) is 26.0 Å². The highest BCUT2D eigenvalue weighted by atomic mass is 16.5. The maximum atomic E-state index is 11.2. The summed E-state index contributed by atoms with van der Waals surface area (Å²) >= 11 is 0. The van der Waals surface area contributed by atoms with E-state index < -0.39 is 0 Å². The van der Waals surface area contributed by atoms with Crippen LogP contribution in [0.3, 0.4) is 0 Å². The van der Waals surface area contributed by atoms with Crippen molar-refractivity contribution in [2.75, 3.05) is 0 Å². The van der Waals surface area contributed by atoms with Gasteiger partial charge in [-0.2, -0.15) is 0 Å². The number of carbonyl (C=O) groups is 1. The maximum absolute atomic E-state index is 11.2. The topological polar surface area (TPSA) is 26.3 Å². The Morgan fingerprint density at radius 2 is 1.93 bits per heavy atom. The molecule has 0 radical (unpaired) electrons. The van der Waals surface area contributed by atoms with Crippen LogP contribution in [0.25, 0.3) is 6.08 Å². The van der Waals surface area contributed by atoms with Crippen molar-refractivity contribution >= 4 is 12.0 Å². The number of hydrogen-bond donors (Lipinski definition) is 0. The standard InChI is InChI=1S/C13H14O2/c1-3-11(2)13(14)15-10-9-12-7-5-4-6-8-12/h3-10H,1-2H3/b10-9?,11-3+. The first-order valence-electron chi connectivity index (χ1n) is 4.79. The summed E-state index contributed by atoms with van der Waals surface area (Å²) in [4.78, 5) is 11.2. The number of ether oxygens (including phenoxy) is 1. The lowest BCUT2D eigenvalue weighted by atomic mass is 10.2. The van der Waals surface area contributed by atoms with Crippen molar-refractivity contribution < 1.29 is 9.53 Å². The largest absolute Gasteiger partial charge is 0.431 e. The Labute approximate surface area is 89.9 Å². The highest BCUT2D eigenvalue weighted by Gasteiger charge is 2.00. The molecule has 0 fully saturated rings. The van der Waals surface area contributed by atoms with Gasteiger partial charge in [0, 0.05) is 5.57 Å². The Kier molecular flexibility index (Phi) is 4.35. The second kappa shape index (κ2) is 5.81. The van der Waals surface area contributed by atoms with Gasteiger partial charge in [0.25, 0.3) is 0 Å². The van der Waals surface area contributed by atoms with E-state index in [9.17, 15) is 4.79 Å². The summed E-state index contributed by atoms with van der Waals surface area (Å²) in [5.41, 5.74) is 1.61. The van der Waals surface area contributed by atoms with E-state index >= 15 is 0 Å². The van der Waals surface area contributed by atoms with E-state index in [1.807, 2.05) is 30.3 Å². The zero-order valence-corrected chi connectivity index (χ0v) is 8.94. The highest BCUT2D eigenvalue weighted by Crippen LogP contribution is 2.02. The Balaban J connectivity index is 2.51. The van der Waals surface area contributed by atoms with Crippen molar-refractivity contribution in [1.82, 2.24) is 0 Å². The van der Waals surface area contributed by atoms with Crippen LogP contribution < -0.4 is 0 Å². The summed E-state index contributed by atoms with van der Waals surface area (Å²) in [6.45, 7) is 3.52. The van der Waals surface area contributed by atoms with Crippen LogP contribution >= 0.6 is 0 Å². The van der Waals surface area contributed by atoms with Crippen molar-refractivity contribution in [3.63, 3.8) is 0 Å². The van der Waals surface area contributed by atoms with Crippen LogP contribution in [0.15, 0.2) is 48.2 Å². The zero-order chi connectivity index (χ0) is 11.1. The lowest BCUT2D eigenvalue weighted by Crippen LogP contribution is -1.99. The van der Waals surface area contributed by atoms with E-state index in [1.165, 1.54) is 6.26 Å². The molecule has 0 saturated heterocycles. The summed E-state index contributed by atoms with van der Waals surface area (Å²) in [7, 11) is 0. The third kappa shape index (κ3) is 3.81. The molecule has 0 aliphatic heterocycles. The van der Waals surface area contributed by atoms with Gasteiger partial charge in [0.05, 0.1) is 6.26 Å². The SMILES string of the molecule is C/C=C(\C)C(=O)OC=Cc1ccccc1. The fourth-order valence-corrected chi connectivity index (χ4v) is 0.949. The van der Waals surface area contributed by atoms with E-state index in [0.29, 0.717) is 5.57 Å². The average Bonchev–Trinajstić information content (AvgIpc) is 2.29. The number of hydrogen-bond acceptors (Lipinski definition) is 2. The van der Waals surface area contributed by atoms with Gasteiger partial charge in [-0.15, -0.1) is 0 Å². The third-order valence-corrected chi connectivity index (χ3v) is 1.99. The predicted molar refractivity (Wildman–Crippen MR) is 61.0 cm³/mol. The molecule has 2 nitrogen and oxygen atoms in total. The minimum Gasteiger partial charge on any atom is -0.431 e. The van der Waals surface area contributed by atoms with Crippen molar-refractivity contribution in [3.8, 4) is 0 Å². The molecule has 0 aromatic heterocycles. The smallest absolute Gasteiger partial charge is 0.338 e. The summed E-state index contributed by atoms with van der Waals surface area (Å²) < 4.78 is 4.91. The second-order valence-electron chi connectivity index (χ2n) is 3.09. The molecule has 1 aromatic carbocycles. The van der Waals surface area contributed by atoms with Crippen LogP contribution in [0.1, 0.15) is 19.4 Å². The maximum Gasteiger partial charge on any atom is 0.338 e. The van der Waals surface area contributed by atoms with Gasteiger partial charge in [0.1, 0.15) is 0 Å². The first-order valence-corrected chi connectivity index (χ1v) is 4.79. The van der Waals surface area contributed by atoms with Gasteiger partial charge in [-0.1, -0.05) is 36.4 Å². The van der Waals surface area contributed by atoms with Crippen LogP contribution in [0, 0.1) is 0 Å². The number of rotatable bonds is 3. The van der Waals surface area contributed by atoms with Crippen molar-refractivity contribution in [2.45, 2.75) is 13.8 Å². The lowest BCUT2D eigenvalue weighted by molar-refractivity contribution is -0.133. The Hall–Kier alpha value is -1.83. The summed E-state index contributed by atoms with van der Waals surface area (Å²) in [5.74, 6) is -0.315. The van der Waals surface area contributed by atoms with Gasteiger partial charge in [-0.05, 0) is 25.5 Å². The van der Waals surface area contributed by atoms with Crippen LogP contribution in [-0.4, -0.2) is 5.97 Å². The molecule has 0 spiro atoms. The molecule has 0 bridgehead atoms. The van der Waals surface area contributed by atoms with Gasteiger partial charge in [0.2, 0.25) is 0 Å². The van der Waals surface area contributed by atoms with Crippen LogP contribution in [0.5, 0.6) is 0 Å². The van der Waals surface area contributed by atoms with Crippen LogP contribution in [-0.2, 0) is 9.53 Å². The highest BCUT2D eigenvalue weighted by molar-refractivity contribution is 5.88. The van der Waals surface area contributed by atoms with E-state index in [0.717, 1.165) is 5.56 Å². The van der Waals surface area contributed by atoms with E-state index in [-0.39, 0.29) is 5.97 Å². The molecule has 0 heterocycles. The van der Waals surface area contributed by atoms with Crippen molar-refractivity contribution in [2.24, 2.45) is 0 Å². The van der Waals surface area contributed by atoms with Crippen molar-refractivity contribution in [1.29, 1.82) is 0 Å². The third-order valence-electron chi connectivity index (χ3n) is 1.99. The van der Waals surface area contributed by atoms with Gasteiger partial charge >= 0.3 is 5.97 Å². The average molecular weight is 202 g/mol. The molecule has 0 N–H and O–H groups in total. The first-order chi connectivity index (χ1) is 7.24. The molecule has 0 aliphatic carbocycles. The number of esters is 1. The molecule has 1 aromatic rings. The Morgan fingerprint density at radius 3 is 2.53 bits per heavy atom. The van der Waals surface area contributed by atoms with E-state index in [2.05, 4.69) is 0 Å². The van der Waals surface area contributed by atoms with Crippen molar-refractivity contribution in [3.05, 3.63) is 53.8 Å². The van der Waals surface area contributed by atoms with Gasteiger partial charge in [0.15, 0.2) is 0 Å². The quantitative estimate of drug-likeness (QED) is 0.427. The van der Waals surface area contributed by atoms with Gasteiger partial charge < -0.3 is 4.74 Å². The summed E-state index contributed by atoms with van der Waals surface area (Å²) in [5, 5.41) is 0. The number of carbonyl (C=O) groups excluding carboxylic acids is 1. The first kappa shape index (κ1) is 11.2. The Bertz CT molecular complexity index is 375. The normalized spacial score (nSPS) is 11.7. The van der Waals surface area contributed by atoms with Gasteiger partial charge in [-0.3, -0.25) is 0 Å². The minimum absolute atomic E-state index is 0.315. The number of benzene rings is 1. The molecule has 0 unspecified atom stereocenters. The molecule has 2 heteroatoms. The van der Waals surface area contributed by atoms with Gasteiger partial charge in [-0.25, -0.2) is 4.79 Å². The number of allylic oxidation sites excluding steroid dienone is 1. The van der Waals surface area contributed by atoms with Crippen LogP contribution in [0.4, 0.5) is 0 Å².